The van der Waals surface area contributed by atoms with E-state index in [9.17, 15) is 23.1 Å². The zero-order chi connectivity index (χ0) is 31.3. The Bertz CT molecular complexity index is 1940. The molecule has 1 amide bonds. The van der Waals surface area contributed by atoms with Gasteiger partial charge in [-0.1, -0.05) is 25.3 Å². The van der Waals surface area contributed by atoms with Crippen LogP contribution in [-0.2, 0) is 23.6 Å². The fraction of sp³-hybridized carbons (Fsp3) is 0.364. The zero-order valence-electron chi connectivity index (χ0n) is 25.3. The molecule has 44 heavy (non-hydrogen) atoms. The van der Waals surface area contributed by atoms with Crippen molar-refractivity contribution in [3.63, 3.8) is 0 Å². The van der Waals surface area contributed by atoms with Gasteiger partial charge in [0.1, 0.15) is 11.3 Å². The Labute approximate surface area is 256 Å². The summed E-state index contributed by atoms with van der Waals surface area (Å²) in [5.41, 5.74) is 6.40. The zero-order valence-corrected chi connectivity index (χ0v) is 26.1. The Morgan fingerprint density at radius 1 is 1.07 bits per heavy atom. The highest BCUT2D eigenvalue weighted by Gasteiger charge is 2.31. The number of hydrogen-bond acceptors (Lipinski definition) is 6. The molecule has 2 aromatic carbocycles. The summed E-state index contributed by atoms with van der Waals surface area (Å²) in [7, 11) is -0.493. The minimum Gasteiger partial charge on any atom is -0.497 e. The number of carboxylic acid groups (broad SMARTS) is 1. The van der Waals surface area contributed by atoms with Gasteiger partial charge in [-0.05, 0) is 85.7 Å². The van der Waals surface area contributed by atoms with Gasteiger partial charge in [0.25, 0.3) is 5.91 Å². The van der Waals surface area contributed by atoms with Crippen LogP contribution in [0.25, 0.3) is 33.8 Å². The molecule has 10 nitrogen and oxygen atoms in total. The molecule has 0 radical (unpaired) electrons. The lowest BCUT2D eigenvalue weighted by atomic mass is 9.81. The smallest absolute Gasteiger partial charge is 0.339 e. The molecule has 1 fully saturated rings. The van der Waals surface area contributed by atoms with Crippen LogP contribution >= 0.6 is 0 Å². The van der Waals surface area contributed by atoms with Crippen LogP contribution in [-0.4, -0.2) is 52.1 Å². The molecule has 4 aromatic rings. The second-order valence-electron chi connectivity index (χ2n) is 11.9. The third-order valence-corrected chi connectivity index (χ3v) is 10.6. The van der Waals surface area contributed by atoms with Crippen LogP contribution in [0, 0.1) is 0 Å². The summed E-state index contributed by atoms with van der Waals surface area (Å²) in [4.78, 5) is 25.5. The van der Waals surface area contributed by atoms with E-state index in [4.69, 9.17) is 4.74 Å². The number of amides is 1. The van der Waals surface area contributed by atoms with Gasteiger partial charge in [-0.15, -0.1) is 0 Å². The molecule has 6 rings (SSSR count). The molecule has 0 saturated heterocycles. The lowest BCUT2D eigenvalue weighted by Gasteiger charge is -2.24. The summed E-state index contributed by atoms with van der Waals surface area (Å²) in [6.45, 7) is 3.35. The van der Waals surface area contributed by atoms with Crippen LogP contribution in [0.15, 0.2) is 42.6 Å². The molecule has 0 atom stereocenters. The second kappa shape index (κ2) is 11.3. The second-order valence-corrected chi connectivity index (χ2v) is 14.1. The number of carbonyl (C=O) groups excluding carboxylic acids is 1. The molecule has 230 valence electrons. The first-order valence-corrected chi connectivity index (χ1v) is 16.4. The number of aryl methyl sites for hydroxylation is 1. The van der Waals surface area contributed by atoms with E-state index < -0.39 is 27.1 Å². The standard InChI is InChI=1S/C33H36N4O6S/c1-19(2)44(41,42)35-32(38)21-10-12-26-28(16-21)37-18-23(30-27(33(39)40)17-34-36(30)3)14-22-15-24(43-4)11-13-25(22)31(37)29(26)20-8-6-5-7-9-20/h10-17,19-20H,5-9,18H2,1-4H3,(H,35,38)(H,39,40). The number of allylic oxidation sites excluding steroid dienone is 1. The van der Waals surface area contributed by atoms with Crippen molar-refractivity contribution in [1.29, 1.82) is 0 Å². The van der Waals surface area contributed by atoms with Gasteiger partial charge >= 0.3 is 5.97 Å². The number of sulfonamides is 1. The first kappa shape index (κ1) is 29.7. The SMILES string of the molecule is COc1ccc2c(c1)C=C(c1c(C(=O)O)cnn1C)Cn1c-2c(C2CCCCC2)c2ccc(C(=O)NS(=O)(=O)C(C)C)cc21. The number of methoxy groups -OCH3 is 1. The number of aromatic nitrogens is 3. The summed E-state index contributed by atoms with van der Waals surface area (Å²) in [5.74, 6) is -0.789. The lowest BCUT2D eigenvalue weighted by Crippen LogP contribution is -2.35. The van der Waals surface area contributed by atoms with E-state index in [0.717, 1.165) is 59.0 Å². The van der Waals surface area contributed by atoms with E-state index in [1.165, 1.54) is 32.0 Å². The summed E-state index contributed by atoms with van der Waals surface area (Å²) in [6, 6.07) is 11.3. The van der Waals surface area contributed by atoms with Crippen LogP contribution in [0.3, 0.4) is 0 Å². The largest absolute Gasteiger partial charge is 0.497 e. The van der Waals surface area contributed by atoms with Gasteiger partial charge in [0.05, 0.1) is 36.5 Å². The number of benzene rings is 2. The summed E-state index contributed by atoms with van der Waals surface area (Å²) in [5, 5.41) is 14.5. The number of rotatable bonds is 7. The lowest BCUT2D eigenvalue weighted by molar-refractivity contribution is 0.0696. The van der Waals surface area contributed by atoms with Crippen molar-refractivity contribution in [3.8, 4) is 17.0 Å². The molecule has 11 heteroatoms. The van der Waals surface area contributed by atoms with Crippen LogP contribution in [0.4, 0.5) is 0 Å². The summed E-state index contributed by atoms with van der Waals surface area (Å²) < 4.78 is 36.6. The van der Waals surface area contributed by atoms with E-state index in [1.54, 1.807) is 31.0 Å². The quantitative estimate of drug-likeness (QED) is 0.267. The van der Waals surface area contributed by atoms with Crippen molar-refractivity contribution < 1.29 is 27.9 Å². The number of nitrogens with zero attached hydrogens (tertiary/aromatic N) is 3. The Morgan fingerprint density at radius 3 is 2.50 bits per heavy atom. The number of hydrogen-bond donors (Lipinski definition) is 2. The maximum absolute atomic E-state index is 13.2. The number of aromatic carboxylic acids is 1. The molecule has 1 aliphatic heterocycles. The van der Waals surface area contributed by atoms with Crippen LogP contribution in [0.2, 0.25) is 0 Å². The third-order valence-electron chi connectivity index (χ3n) is 8.88. The van der Waals surface area contributed by atoms with Gasteiger partial charge in [-0.25, -0.2) is 17.9 Å². The summed E-state index contributed by atoms with van der Waals surface area (Å²) in [6.07, 6.45) is 8.87. The number of carboxylic acids is 1. The Balaban J connectivity index is 1.64. The molecule has 3 heterocycles. The van der Waals surface area contributed by atoms with E-state index in [2.05, 4.69) is 14.4 Å². The van der Waals surface area contributed by atoms with Crippen molar-refractivity contribution in [1.82, 2.24) is 19.1 Å². The van der Waals surface area contributed by atoms with Gasteiger partial charge in [0, 0.05) is 29.1 Å². The summed E-state index contributed by atoms with van der Waals surface area (Å²) >= 11 is 0. The molecular formula is C33H36N4O6S. The van der Waals surface area contributed by atoms with Crippen molar-refractivity contribution in [2.75, 3.05) is 7.11 Å². The number of ether oxygens (including phenoxy) is 1. The van der Waals surface area contributed by atoms with Gasteiger partial charge < -0.3 is 14.4 Å². The number of carbonyl (C=O) groups is 2. The number of nitrogens with one attached hydrogen (secondary N) is 1. The van der Waals surface area contributed by atoms with Gasteiger partial charge in [-0.2, -0.15) is 5.10 Å². The van der Waals surface area contributed by atoms with Crippen LogP contribution in [0.1, 0.15) is 89.4 Å². The molecule has 0 bridgehead atoms. The predicted molar refractivity (Wildman–Crippen MR) is 169 cm³/mol. The normalized spacial score (nSPS) is 15.4. The average molecular weight is 617 g/mol. The number of fused-ring (bicyclic) bond motifs is 5. The maximum atomic E-state index is 13.2. The topological polar surface area (TPSA) is 133 Å². The minimum absolute atomic E-state index is 0.0922. The highest BCUT2D eigenvalue weighted by Crippen LogP contribution is 2.48. The highest BCUT2D eigenvalue weighted by molar-refractivity contribution is 7.90. The van der Waals surface area contributed by atoms with E-state index in [0.29, 0.717) is 23.9 Å². The van der Waals surface area contributed by atoms with Crippen molar-refractivity contribution in [2.24, 2.45) is 7.05 Å². The first-order chi connectivity index (χ1) is 21.0. The highest BCUT2D eigenvalue weighted by atomic mass is 32.2. The minimum atomic E-state index is -3.83. The Morgan fingerprint density at radius 2 is 1.82 bits per heavy atom. The van der Waals surface area contributed by atoms with Crippen LogP contribution in [0.5, 0.6) is 5.75 Å². The molecule has 1 aliphatic carbocycles. The molecule has 0 unspecified atom stereocenters. The van der Waals surface area contributed by atoms with Crippen LogP contribution < -0.4 is 9.46 Å². The van der Waals surface area contributed by atoms with Crippen molar-refractivity contribution >= 4 is 44.5 Å². The van der Waals surface area contributed by atoms with Gasteiger partial charge in [-0.3, -0.25) is 9.48 Å². The fourth-order valence-corrected chi connectivity index (χ4v) is 7.22. The van der Waals surface area contributed by atoms with Gasteiger partial charge in [0.2, 0.25) is 10.0 Å². The Kier molecular flexibility index (Phi) is 7.61. The fourth-order valence-electron chi connectivity index (χ4n) is 6.61. The molecule has 1 saturated carbocycles. The monoisotopic (exact) mass is 616 g/mol. The third kappa shape index (κ3) is 5.08. The van der Waals surface area contributed by atoms with E-state index in [1.807, 2.05) is 30.3 Å². The van der Waals surface area contributed by atoms with Gasteiger partial charge in [0.15, 0.2) is 0 Å². The molecule has 2 N–H and O–H groups in total. The molecule has 2 aliphatic rings. The van der Waals surface area contributed by atoms with E-state index in [-0.39, 0.29) is 11.1 Å². The van der Waals surface area contributed by atoms with Crippen molar-refractivity contribution in [3.05, 3.63) is 70.5 Å². The molecular weight excluding hydrogens is 580 g/mol. The average Bonchev–Trinajstić information content (AvgIpc) is 3.49. The van der Waals surface area contributed by atoms with Crippen molar-refractivity contribution in [2.45, 2.75) is 63.7 Å². The predicted octanol–water partition coefficient (Wildman–Crippen LogP) is 5.82. The molecule has 2 aromatic heterocycles. The van der Waals surface area contributed by atoms with E-state index >= 15 is 0 Å². The first-order valence-electron chi connectivity index (χ1n) is 14.9. The Hall–Kier alpha value is -4.38. The maximum Gasteiger partial charge on any atom is 0.339 e. The molecule has 0 spiro atoms.